The van der Waals surface area contributed by atoms with Crippen molar-refractivity contribution < 1.29 is 6.85 Å². The monoisotopic (exact) mass is 730 g/mol. The van der Waals surface area contributed by atoms with E-state index in [0.717, 1.165) is 66.8 Å². The van der Waals surface area contributed by atoms with Crippen LogP contribution in [0.15, 0.2) is 236 Å². The van der Waals surface area contributed by atoms with Crippen molar-refractivity contribution in [2.45, 2.75) is 10.8 Å². The maximum Gasteiger partial charge on any atom is 0.0714 e. The van der Waals surface area contributed by atoms with E-state index in [2.05, 4.69) is 176 Å². The molecule has 0 aliphatic heterocycles. The van der Waals surface area contributed by atoms with Gasteiger partial charge in [-0.3, -0.25) is 0 Å². The predicted octanol–water partition coefficient (Wildman–Crippen LogP) is 13.9. The highest BCUT2D eigenvalue weighted by Crippen LogP contribution is 2.59. The van der Waals surface area contributed by atoms with Crippen molar-refractivity contribution in [1.82, 2.24) is 0 Å². The van der Waals surface area contributed by atoms with E-state index in [9.17, 15) is 2.74 Å². The largest absolute Gasteiger partial charge is 0.310 e. The molecule has 9 aromatic rings. The van der Waals surface area contributed by atoms with E-state index in [4.69, 9.17) is 4.11 Å². The zero-order chi connectivity index (χ0) is 42.2. The van der Waals surface area contributed by atoms with E-state index in [0.29, 0.717) is 11.4 Å². The fraction of sp³-hybridized carbons (Fsp3) is 0.0357. The lowest BCUT2D eigenvalue weighted by molar-refractivity contribution is 0.768. The molecule has 1 nitrogen and oxygen atoms in total. The Hall–Kier alpha value is -7.22. The van der Waals surface area contributed by atoms with Crippen LogP contribution in [0.2, 0.25) is 0 Å². The van der Waals surface area contributed by atoms with E-state index in [1.54, 1.807) is 0 Å². The van der Waals surface area contributed by atoms with Gasteiger partial charge >= 0.3 is 0 Å². The molecule has 0 fully saturated rings. The van der Waals surface area contributed by atoms with Crippen molar-refractivity contribution in [3.8, 4) is 22.3 Å². The number of hydrogen-bond donors (Lipinski definition) is 0. The minimum atomic E-state index is -0.711. The minimum Gasteiger partial charge on any atom is -0.310 e. The molecule has 0 N–H and O–H groups in total. The van der Waals surface area contributed by atoms with Crippen LogP contribution in [0.25, 0.3) is 22.3 Å². The van der Waals surface area contributed by atoms with Gasteiger partial charge in [-0.25, -0.2) is 0 Å². The molecule has 57 heavy (non-hydrogen) atoms. The molecule has 0 unspecified atom stereocenters. The van der Waals surface area contributed by atoms with Crippen molar-refractivity contribution in [2.24, 2.45) is 0 Å². The molecule has 2 aliphatic rings. The molecule has 268 valence electrons. The van der Waals surface area contributed by atoms with Crippen molar-refractivity contribution in [3.63, 3.8) is 0 Å². The highest BCUT2D eigenvalue weighted by atomic mass is 15.1. The number of fused-ring (bicyclic) bond motifs is 6. The molecule has 2 aliphatic carbocycles. The van der Waals surface area contributed by atoms with Crippen LogP contribution < -0.4 is 4.90 Å². The Bertz CT molecular complexity index is 3080. The Morgan fingerprint density at radius 3 is 1.21 bits per heavy atom. The third-order valence-electron chi connectivity index (χ3n) is 12.1. The summed E-state index contributed by atoms with van der Waals surface area (Å²) in [6.07, 6.45) is 0. The van der Waals surface area contributed by atoms with Crippen LogP contribution in [-0.4, -0.2) is 0 Å². The number of anilines is 3. The first kappa shape index (κ1) is 28.2. The van der Waals surface area contributed by atoms with Gasteiger partial charge in [-0.2, -0.15) is 0 Å². The van der Waals surface area contributed by atoms with Gasteiger partial charge in [0.2, 0.25) is 0 Å². The molecular weight excluding hydrogens is 687 g/mol. The molecule has 9 aromatic carbocycles. The summed E-state index contributed by atoms with van der Waals surface area (Å²) >= 11 is 0. The number of nitrogens with zero attached hydrogens (tertiary/aromatic N) is 1. The van der Waals surface area contributed by atoms with Gasteiger partial charge < -0.3 is 4.90 Å². The Balaban J connectivity index is 1.22. The zero-order valence-corrected chi connectivity index (χ0v) is 31.1. The normalized spacial score (nSPS) is 15.1. The summed E-state index contributed by atoms with van der Waals surface area (Å²) in [4.78, 5) is 1.87. The first-order chi connectivity index (χ1) is 30.4. The van der Waals surface area contributed by atoms with Gasteiger partial charge in [0.05, 0.1) is 17.7 Å². The molecule has 11 rings (SSSR count). The first-order valence-electron chi connectivity index (χ1n) is 21.9. The summed E-state index contributed by atoms with van der Waals surface area (Å²) in [6.45, 7) is 0. The Morgan fingerprint density at radius 2 is 0.684 bits per heavy atom. The highest BCUT2D eigenvalue weighted by Gasteiger charge is 2.48. The van der Waals surface area contributed by atoms with Gasteiger partial charge in [0.1, 0.15) is 0 Å². The maximum absolute atomic E-state index is 9.41. The smallest absolute Gasteiger partial charge is 0.0714 e. The van der Waals surface area contributed by atoms with Crippen LogP contribution in [0.4, 0.5) is 17.1 Å². The van der Waals surface area contributed by atoms with Crippen LogP contribution >= 0.6 is 0 Å². The summed E-state index contributed by atoms with van der Waals surface area (Å²) in [7, 11) is 0. The Labute approximate surface area is 341 Å². The highest BCUT2D eigenvalue weighted by molar-refractivity contribution is 5.92. The van der Waals surface area contributed by atoms with Crippen molar-refractivity contribution in [1.29, 1.82) is 0 Å². The third kappa shape index (κ3) is 4.82. The number of rotatable bonds is 7. The van der Waals surface area contributed by atoms with Crippen LogP contribution in [0, 0.1) is 0 Å². The van der Waals surface area contributed by atoms with Gasteiger partial charge in [-0.05, 0) is 103 Å². The van der Waals surface area contributed by atoms with Crippen LogP contribution in [-0.2, 0) is 10.8 Å². The number of para-hydroxylation sites is 1. The van der Waals surface area contributed by atoms with Gasteiger partial charge in [0.25, 0.3) is 0 Å². The van der Waals surface area contributed by atoms with Crippen molar-refractivity contribution in [2.75, 3.05) is 4.90 Å². The quantitative estimate of drug-likeness (QED) is 0.158. The zero-order valence-electron chi connectivity index (χ0n) is 36.1. The number of benzene rings is 9. The first-order valence-corrected chi connectivity index (χ1v) is 19.4. The summed E-state index contributed by atoms with van der Waals surface area (Å²) < 4.78 is 45.2. The SMILES string of the molecule is [2H]c1c([2H])c([2H])c(N(c2ccc3c(c2)-c2ccccc2C3(c2ccccc2)c2ccccc2)c2ccc3c(c2)C(c2ccccc2)(c2ccccc2)c2ccccc2-3)c([2H])c1[2H]. The topological polar surface area (TPSA) is 3.24 Å². The Kier molecular flexibility index (Phi) is 6.55. The van der Waals surface area contributed by atoms with Crippen molar-refractivity contribution >= 4 is 17.1 Å². The minimum absolute atomic E-state index is 0.0834. The second-order valence-electron chi connectivity index (χ2n) is 14.8. The molecule has 0 atom stereocenters. The van der Waals surface area contributed by atoms with Crippen LogP contribution in [0.5, 0.6) is 0 Å². The standard InChI is InChI=1S/C56H39N/c1-6-20-40(21-7-1)55(41-22-8-2-9-23-41)52-33-19-17-31-48(52)50-38-45(35-37-53(50)55)57(44-28-14-5-15-29-44)46-34-36-49-47-30-16-18-32-51(47)56(54(49)39-46,42-24-10-3-11-25-42)43-26-12-4-13-27-43/h1-39H/i5D,14D,15D,28D,29D. The summed E-state index contributed by atoms with van der Waals surface area (Å²) in [5.41, 5.74) is 13.4. The van der Waals surface area contributed by atoms with Gasteiger partial charge in [0.15, 0.2) is 0 Å². The summed E-state index contributed by atoms with van der Waals surface area (Å²) in [5, 5.41) is 0. The fourth-order valence-electron chi connectivity index (χ4n) is 9.91. The maximum atomic E-state index is 9.41. The lowest BCUT2D eigenvalue weighted by Crippen LogP contribution is -2.28. The lowest BCUT2D eigenvalue weighted by Gasteiger charge is -2.35. The molecule has 0 bridgehead atoms. The fourth-order valence-corrected chi connectivity index (χ4v) is 9.91. The van der Waals surface area contributed by atoms with E-state index >= 15 is 0 Å². The van der Waals surface area contributed by atoms with E-state index in [1.165, 1.54) is 0 Å². The molecular formula is C56H39N. The molecule has 0 heterocycles. The van der Waals surface area contributed by atoms with E-state index in [-0.39, 0.29) is 29.9 Å². The van der Waals surface area contributed by atoms with Crippen LogP contribution in [0.1, 0.15) is 51.4 Å². The summed E-state index contributed by atoms with van der Waals surface area (Å²) in [6, 6.07) is 70.4. The molecule has 0 saturated heterocycles. The molecule has 0 saturated carbocycles. The molecule has 1 heteroatoms. The average molecular weight is 731 g/mol. The molecule has 0 radical (unpaired) electrons. The van der Waals surface area contributed by atoms with Crippen molar-refractivity contribution in [3.05, 3.63) is 281 Å². The molecule has 0 aromatic heterocycles. The summed E-state index contributed by atoms with van der Waals surface area (Å²) in [5.74, 6) is 0. The average Bonchev–Trinajstić information content (AvgIpc) is 3.80. The van der Waals surface area contributed by atoms with Crippen LogP contribution in [0.3, 0.4) is 0 Å². The second kappa shape index (κ2) is 13.2. The van der Waals surface area contributed by atoms with Gasteiger partial charge in [-0.1, -0.05) is 200 Å². The van der Waals surface area contributed by atoms with E-state index < -0.39 is 16.9 Å². The van der Waals surface area contributed by atoms with Gasteiger partial charge in [0, 0.05) is 17.1 Å². The second-order valence-corrected chi connectivity index (χ2v) is 14.8. The molecule has 0 amide bonds. The van der Waals surface area contributed by atoms with E-state index in [1.807, 2.05) is 35.2 Å². The van der Waals surface area contributed by atoms with Gasteiger partial charge in [-0.15, -0.1) is 0 Å². The third-order valence-corrected chi connectivity index (χ3v) is 12.1. The molecule has 0 spiro atoms. The lowest BCUT2D eigenvalue weighted by atomic mass is 9.67. The number of hydrogen-bond acceptors (Lipinski definition) is 1. The predicted molar refractivity (Wildman–Crippen MR) is 236 cm³/mol. The Morgan fingerprint density at radius 1 is 0.298 bits per heavy atom.